The number of amides is 1. The first-order valence-electron chi connectivity index (χ1n) is 6.11. The standard InChI is InChI=1S/C13H20N4O/c1-2-9-15-12(18)8-10-16-13(14)17-11-6-4-3-5-7-11/h3-7H,2,8-10H2,1H3,(H,15,18)(H3,14,16,17). The number of carbonyl (C=O) groups is 1. The van der Waals surface area contributed by atoms with Gasteiger partial charge in [-0.25, -0.2) is 0 Å². The molecule has 0 unspecified atom stereocenters. The van der Waals surface area contributed by atoms with E-state index in [9.17, 15) is 4.79 Å². The Kier molecular flexibility index (Phi) is 6.32. The highest BCUT2D eigenvalue weighted by Crippen LogP contribution is 2.03. The lowest BCUT2D eigenvalue weighted by molar-refractivity contribution is -0.120. The van der Waals surface area contributed by atoms with Crippen molar-refractivity contribution in [3.05, 3.63) is 30.3 Å². The largest absolute Gasteiger partial charge is 0.370 e. The van der Waals surface area contributed by atoms with Crippen molar-refractivity contribution in [3.63, 3.8) is 0 Å². The Morgan fingerprint density at radius 1 is 1.33 bits per heavy atom. The Labute approximate surface area is 107 Å². The Balaban J connectivity index is 2.28. The summed E-state index contributed by atoms with van der Waals surface area (Å²) >= 11 is 0. The van der Waals surface area contributed by atoms with E-state index in [4.69, 9.17) is 5.73 Å². The molecule has 18 heavy (non-hydrogen) atoms. The predicted molar refractivity (Wildman–Crippen MR) is 74.5 cm³/mol. The molecule has 0 aliphatic heterocycles. The van der Waals surface area contributed by atoms with Gasteiger partial charge in [0.2, 0.25) is 5.91 Å². The summed E-state index contributed by atoms with van der Waals surface area (Å²) in [7, 11) is 0. The van der Waals surface area contributed by atoms with E-state index in [0.29, 0.717) is 25.5 Å². The Hall–Kier alpha value is -2.04. The van der Waals surface area contributed by atoms with Gasteiger partial charge in [0.1, 0.15) is 0 Å². The van der Waals surface area contributed by atoms with Crippen LogP contribution >= 0.6 is 0 Å². The number of carbonyl (C=O) groups excluding carboxylic acids is 1. The van der Waals surface area contributed by atoms with Crippen molar-refractivity contribution in [3.8, 4) is 0 Å². The Bertz CT molecular complexity index is 389. The number of nitrogens with two attached hydrogens (primary N) is 1. The minimum atomic E-state index is 0.00751. The molecule has 0 aromatic heterocycles. The highest BCUT2D eigenvalue weighted by atomic mass is 16.1. The number of hydrogen-bond donors (Lipinski definition) is 3. The van der Waals surface area contributed by atoms with E-state index in [1.54, 1.807) is 0 Å². The Morgan fingerprint density at radius 2 is 2.06 bits per heavy atom. The number of aliphatic imine (C=N–C) groups is 1. The second kappa shape index (κ2) is 8.11. The van der Waals surface area contributed by atoms with E-state index in [1.807, 2.05) is 37.3 Å². The zero-order valence-electron chi connectivity index (χ0n) is 10.6. The molecule has 0 heterocycles. The fraction of sp³-hybridized carbons (Fsp3) is 0.385. The normalized spacial score (nSPS) is 11.1. The van der Waals surface area contributed by atoms with Crippen molar-refractivity contribution in [2.45, 2.75) is 19.8 Å². The van der Waals surface area contributed by atoms with Crippen LogP contribution < -0.4 is 16.4 Å². The van der Waals surface area contributed by atoms with Crippen molar-refractivity contribution in [1.29, 1.82) is 0 Å². The predicted octanol–water partition coefficient (Wildman–Crippen LogP) is 1.33. The lowest BCUT2D eigenvalue weighted by Gasteiger charge is -2.05. The summed E-state index contributed by atoms with van der Waals surface area (Å²) in [4.78, 5) is 15.4. The lowest BCUT2D eigenvalue weighted by atomic mass is 10.3. The van der Waals surface area contributed by atoms with Crippen LogP contribution in [0.5, 0.6) is 0 Å². The summed E-state index contributed by atoms with van der Waals surface area (Å²) in [5, 5.41) is 5.74. The molecule has 0 bridgehead atoms. The van der Waals surface area contributed by atoms with Crippen LogP contribution in [0.3, 0.4) is 0 Å². The van der Waals surface area contributed by atoms with Crippen LogP contribution in [0.4, 0.5) is 5.69 Å². The van der Waals surface area contributed by atoms with E-state index >= 15 is 0 Å². The maximum atomic E-state index is 11.3. The molecule has 0 atom stereocenters. The number of nitrogens with one attached hydrogen (secondary N) is 2. The number of hydrogen-bond acceptors (Lipinski definition) is 2. The van der Waals surface area contributed by atoms with Gasteiger partial charge in [0, 0.05) is 18.7 Å². The van der Waals surface area contributed by atoms with Crippen LogP contribution in [-0.4, -0.2) is 25.0 Å². The van der Waals surface area contributed by atoms with Gasteiger partial charge >= 0.3 is 0 Å². The number of benzene rings is 1. The van der Waals surface area contributed by atoms with Crippen molar-refractivity contribution in [2.75, 3.05) is 18.4 Å². The molecule has 1 rings (SSSR count). The van der Waals surface area contributed by atoms with Crippen molar-refractivity contribution in [1.82, 2.24) is 5.32 Å². The minimum Gasteiger partial charge on any atom is -0.370 e. The van der Waals surface area contributed by atoms with Gasteiger partial charge in [-0.05, 0) is 18.6 Å². The summed E-state index contributed by atoms with van der Waals surface area (Å²) in [5.41, 5.74) is 6.58. The number of rotatable bonds is 6. The van der Waals surface area contributed by atoms with Gasteiger partial charge in [-0.3, -0.25) is 9.79 Å². The zero-order chi connectivity index (χ0) is 13.2. The lowest BCUT2D eigenvalue weighted by Crippen LogP contribution is -2.26. The maximum absolute atomic E-state index is 11.3. The number of nitrogens with zero attached hydrogens (tertiary/aromatic N) is 1. The average molecular weight is 248 g/mol. The van der Waals surface area contributed by atoms with Crippen LogP contribution in [0.1, 0.15) is 19.8 Å². The molecule has 0 spiro atoms. The quantitative estimate of drug-likeness (QED) is 0.525. The van der Waals surface area contributed by atoms with Crippen LogP contribution in [0.2, 0.25) is 0 Å². The van der Waals surface area contributed by atoms with Crippen LogP contribution in [-0.2, 0) is 4.79 Å². The molecule has 0 radical (unpaired) electrons. The molecular weight excluding hydrogens is 228 g/mol. The molecular formula is C13H20N4O. The molecule has 1 aromatic rings. The second-order valence-electron chi connectivity index (χ2n) is 3.86. The van der Waals surface area contributed by atoms with Crippen molar-refractivity contribution >= 4 is 17.6 Å². The second-order valence-corrected chi connectivity index (χ2v) is 3.86. The van der Waals surface area contributed by atoms with E-state index in [-0.39, 0.29) is 5.91 Å². The van der Waals surface area contributed by atoms with Crippen molar-refractivity contribution < 1.29 is 4.79 Å². The number of guanidine groups is 1. The molecule has 5 nitrogen and oxygen atoms in total. The maximum Gasteiger partial charge on any atom is 0.221 e. The third-order valence-electron chi connectivity index (χ3n) is 2.24. The number of anilines is 1. The molecule has 0 fully saturated rings. The molecule has 1 aromatic carbocycles. The molecule has 98 valence electrons. The van der Waals surface area contributed by atoms with E-state index in [1.165, 1.54) is 0 Å². The van der Waals surface area contributed by atoms with Gasteiger partial charge in [-0.15, -0.1) is 0 Å². The van der Waals surface area contributed by atoms with Gasteiger partial charge < -0.3 is 16.4 Å². The summed E-state index contributed by atoms with van der Waals surface area (Å²) in [6, 6.07) is 9.55. The molecule has 0 saturated carbocycles. The van der Waals surface area contributed by atoms with E-state index < -0.39 is 0 Å². The van der Waals surface area contributed by atoms with Crippen LogP contribution in [0.25, 0.3) is 0 Å². The third kappa shape index (κ3) is 5.89. The molecule has 5 heteroatoms. The van der Waals surface area contributed by atoms with Gasteiger partial charge in [-0.2, -0.15) is 0 Å². The van der Waals surface area contributed by atoms with Crippen LogP contribution in [0.15, 0.2) is 35.3 Å². The molecule has 0 saturated heterocycles. The van der Waals surface area contributed by atoms with Gasteiger partial charge in [0.25, 0.3) is 0 Å². The topological polar surface area (TPSA) is 79.5 Å². The first kappa shape index (κ1) is 14.0. The van der Waals surface area contributed by atoms with Gasteiger partial charge in [-0.1, -0.05) is 25.1 Å². The van der Waals surface area contributed by atoms with Gasteiger partial charge in [0.15, 0.2) is 5.96 Å². The third-order valence-corrected chi connectivity index (χ3v) is 2.24. The van der Waals surface area contributed by atoms with E-state index in [0.717, 1.165) is 12.1 Å². The summed E-state index contributed by atoms with van der Waals surface area (Å²) in [6.45, 7) is 3.11. The van der Waals surface area contributed by atoms with Crippen LogP contribution in [0, 0.1) is 0 Å². The molecule has 0 aliphatic rings. The Morgan fingerprint density at radius 3 is 2.72 bits per heavy atom. The first-order chi connectivity index (χ1) is 8.72. The van der Waals surface area contributed by atoms with E-state index in [2.05, 4.69) is 15.6 Å². The summed E-state index contributed by atoms with van der Waals surface area (Å²) in [6.07, 6.45) is 1.30. The summed E-state index contributed by atoms with van der Waals surface area (Å²) in [5.74, 6) is 0.331. The smallest absolute Gasteiger partial charge is 0.221 e. The fourth-order valence-corrected chi connectivity index (χ4v) is 1.34. The molecule has 4 N–H and O–H groups in total. The fourth-order valence-electron chi connectivity index (χ4n) is 1.34. The van der Waals surface area contributed by atoms with Crippen molar-refractivity contribution in [2.24, 2.45) is 10.7 Å². The first-order valence-corrected chi connectivity index (χ1v) is 6.11. The number of para-hydroxylation sites is 1. The monoisotopic (exact) mass is 248 g/mol. The molecule has 1 amide bonds. The minimum absolute atomic E-state index is 0.00751. The zero-order valence-corrected chi connectivity index (χ0v) is 10.6. The highest BCUT2D eigenvalue weighted by Gasteiger charge is 1.99. The summed E-state index contributed by atoms with van der Waals surface area (Å²) < 4.78 is 0. The molecule has 0 aliphatic carbocycles. The average Bonchev–Trinajstić information content (AvgIpc) is 2.37. The van der Waals surface area contributed by atoms with Gasteiger partial charge in [0.05, 0.1) is 6.54 Å². The highest BCUT2D eigenvalue weighted by molar-refractivity contribution is 5.92. The SMILES string of the molecule is CCCNC(=O)CCN=C(N)Nc1ccccc1.